The summed E-state index contributed by atoms with van der Waals surface area (Å²) in [5.41, 5.74) is 2.90. The number of rotatable bonds is 6. The van der Waals surface area contributed by atoms with E-state index in [0.29, 0.717) is 29.4 Å². The van der Waals surface area contributed by atoms with E-state index in [4.69, 9.17) is 9.47 Å². The minimum Gasteiger partial charge on any atom is -0.496 e. The summed E-state index contributed by atoms with van der Waals surface area (Å²) in [6, 6.07) is 20.7. The SMILES string of the molecule is COc1ccccc1/C=C1\C(=O)NC(=O)N(c2ccc(OCc3ccc(C)cc3)cc2)C1=O. The van der Waals surface area contributed by atoms with Crippen LogP contribution >= 0.6 is 0 Å². The fourth-order valence-electron chi connectivity index (χ4n) is 3.38. The Kier molecular flexibility index (Phi) is 6.22. The van der Waals surface area contributed by atoms with Gasteiger partial charge < -0.3 is 9.47 Å². The molecule has 0 saturated carbocycles. The summed E-state index contributed by atoms with van der Waals surface area (Å²) in [5.74, 6) is -0.387. The second-order valence-electron chi connectivity index (χ2n) is 7.47. The lowest BCUT2D eigenvalue weighted by molar-refractivity contribution is -0.122. The first kappa shape index (κ1) is 21.8. The largest absolute Gasteiger partial charge is 0.496 e. The Morgan fingerprint density at radius 3 is 2.30 bits per heavy atom. The summed E-state index contributed by atoms with van der Waals surface area (Å²) in [6.45, 7) is 2.41. The number of imide groups is 2. The topological polar surface area (TPSA) is 84.9 Å². The van der Waals surface area contributed by atoms with Crippen LogP contribution in [-0.4, -0.2) is 25.0 Å². The molecule has 4 amide bonds. The van der Waals surface area contributed by atoms with Gasteiger partial charge in [-0.05, 0) is 48.9 Å². The number of carbonyl (C=O) groups is 3. The molecule has 0 atom stereocenters. The van der Waals surface area contributed by atoms with Crippen LogP contribution in [0.1, 0.15) is 16.7 Å². The summed E-state index contributed by atoms with van der Waals surface area (Å²) >= 11 is 0. The minimum absolute atomic E-state index is 0.168. The number of aryl methyl sites for hydroxylation is 1. The van der Waals surface area contributed by atoms with E-state index in [9.17, 15) is 14.4 Å². The molecule has 0 radical (unpaired) electrons. The molecule has 3 aromatic rings. The van der Waals surface area contributed by atoms with Crippen molar-refractivity contribution in [2.75, 3.05) is 12.0 Å². The van der Waals surface area contributed by atoms with Gasteiger partial charge in [0, 0.05) is 5.56 Å². The van der Waals surface area contributed by atoms with Gasteiger partial charge in [-0.2, -0.15) is 0 Å². The lowest BCUT2D eigenvalue weighted by atomic mass is 10.1. The van der Waals surface area contributed by atoms with Crippen molar-refractivity contribution in [1.29, 1.82) is 0 Å². The number of methoxy groups -OCH3 is 1. The lowest BCUT2D eigenvalue weighted by Gasteiger charge is -2.26. The maximum atomic E-state index is 13.1. The number of barbiturate groups is 1. The van der Waals surface area contributed by atoms with Crippen molar-refractivity contribution < 1.29 is 23.9 Å². The highest BCUT2D eigenvalue weighted by Gasteiger charge is 2.37. The lowest BCUT2D eigenvalue weighted by Crippen LogP contribution is -2.54. The predicted octanol–water partition coefficient (Wildman–Crippen LogP) is 4.25. The van der Waals surface area contributed by atoms with Gasteiger partial charge >= 0.3 is 6.03 Å². The number of nitrogens with zero attached hydrogens (tertiary/aromatic N) is 1. The van der Waals surface area contributed by atoms with E-state index in [-0.39, 0.29) is 5.57 Å². The van der Waals surface area contributed by atoms with Crippen molar-refractivity contribution >= 4 is 29.6 Å². The Bertz CT molecular complexity index is 1230. The molecule has 7 nitrogen and oxygen atoms in total. The number of urea groups is 1. The van der Waals surface area contributed by atoms with Crippen molar-refractivity contribution in [3.8, 4) is 11.5 Å². The maximum absolute atomic E-state index is 13.1. The highest BCUT2D eigenvalue weighted by Crippen LogP contribution is 2.26. The molecular formula is C26H22N2O5. The van der Waals surface area contributed by atoms with Crippen LogP contribution in [0.5, 0.6) is 11.5 Å². The average molecular weight is 442 g/mol. The van der Waals surface area contributed by atoms with Crippen molar-refractivity contribution in [3.05, 3.63) is 95.1 Å². The molecular weight excluding hydrogens is 420 g/mol. The third kappa shape index (κ3) is 4.77. The molecule has 4 rings (SSSR count). The van der Waals surface area contributed by atoms with Crippen LogP contribution < -0.4 is 19.7 Å². The zero-order valence-corrected chi connectivity index (χ0v) is 18.2. The van der Waals surface area contributed by atoms with Gasteiger partial charge in [0.25, 0.3) is 11.8 Å². The molecule has 166 valence electrons. The second-order valence-corrected chi connectivity index (χ2v) is 7.47. The number of nitrogens with one attached hydrogen (secondary N) is 1. The Labute approximate surface area is 191 Å². The van der Waals surface area contributed by atoms with Crippen LogP contribution in [0.2, 0.25) is 0 Å². The number of benzene rings is 3. The first-order chi connectivity index (χ1) is 16.0. The summed E-state index contributed by atoms with van der Waals surface area (Å²) in [4.78, 5) is 38.8. The molecule has 0 aromatic heterocycles. The van der Waals surface area contributed by atoms with E-state index in [1.807, 2.05) is 31.2 Å². The third-order valence-electron chi connectivity index (χ3n) is 5.16. The van der Waals surface area contributed by atoms with Gasteiger partial charge in [-0.1, -0.05) is 48.0 Å². The van der Waals surface area contributed by atoms with Gasteiger partial charge in [-0.15, -0.1) is 0 Å². The molecule has 0 bridgehead atoms. The van der Waals surface area contributed by atoms with Crippen LogP contribution in [-0.2, 0) is 16.2 Å². The van der Waals surface area contributed by atoms with Crippen molar-refractivity contribution in [2.24, 2.45) is 0 Å². The number of anilines is 1. The summed E-state index contributed by atoms with van der Waals surface area (Å²) in [7, 11) is 1.50. The molecule has 7 heteroatoms. The number of para-hydroxylation sites is 1. The fraction of sp³-hybridized carbons (Fsp3) is 0.115. The first-order valence-electron chi connectivity index (χ1n) is 10.3. The Morgan fingerprint density at radius 1 is 0.909 bits per heavy atom. The van der Waals surface area contributed by atoms with Gasteiger partial charge in [0.05, 0.1) is 12.8 Å². The van der Waals surface area contributed by atoms with Gasteiger partial charge in [0.1, 0.15) is 23.7 Å². The molecule has 1 heterocycles. The van der Waals surface area contributed by atoms with E-state index in [1.165, 1.54) is 18.7 Å². The van der Waals surface area contributed by atoms with E-state index >= 15 is 0 Å². The number of amides is 4. The summed E-state index contributed by atoms with van der Waals surface area (Å²) in [6.07, 6.45) is 1.41. The monoisotopic (exact) mass is 442 g/mol. The van der Waals surface area contributed by atoms with E-state index < -0.39 is 17.8 Å². The molecule has 0 spiro atoms. The molecule has 1 saturated heterocycles. The van der Waals surface area contributed by atoms with E-state index in [2.05, 4.69) is 5.32 Å². The van der Waals surface area contributed by atoms with Gasteiger partial charge in [0.15, 0.2) is 0 Å². The van der Waals surface area contributed by atoms with E-state index in [1.54, 1.807) is 48.5 Å². The third-order valence-corrected chi connectivity index (χ3v) is 5.16. The Hall–Kier alpha value is -4.39. The number of hydrogen-bond donors (Lipinski definition) is 1. The van der Waals surface area contributed by atoms with Crippen LogP contribution in [0, 0.1) is 6.92 Å². The molecule has 0 aliphatic carbocycles. The maximum Gasteiger partial charge on any atom is 0.335 e. The number of carbonyl (C=O) groups excluding carboxylic acids is 3. The highest BCUT2D eigenvalue weighted by atomic mass is 16.5. The molecule has 1 aliphatic heterocycles. The summed E-state index contributed by atoms with van der Waals surface area (Å²) < 4.78 is 11.1. The molecule has 3 aromatic carbocycles. The number of hydrogen-bond acceptors (Lipinski definition) is 5. The Morgan fingerprint density at radius 2 is 1.61 bits per heavy atom. The quantitative estimate of drug-likeness (QED) is 0.456. The average Bonchev–Trinajstić information content (AvgIpc) is 2.82. The van der Waals surface area contributed by atoms with Crippen LogP contribution in [0.4, 0.5) is 10.5 Å². The standard InChI is InChI=1S/C26H22N2O5/c1-17-7-9-18(10-8-17)16-33-21-13-11-20(12-14-21)28-25(30)22(24(29)27-26(28)31)15-19-5-3-4-6-23(19)32-2/h3-15H,16H2,1-2H3,(H,27,29,31)/b22-15+. The zero-order valence-electron chi connectivity index (χ0n) is 18.2. The van der Waals surface area contributed by atoms with Crippen LogP contribution in [0.3, 0.4) is 0 Å². The molecule has 33 heavy (non-hydrogen) atoms. The second kappa shape index (κ2) is 9.40. The number of ether oxygens (including phenoxy) is 2. The smallest absolute Gasteiger partial charge is 0.335 e. The fourth-order valence-corrected chi connectivity index (χ4v) is 3.38. The normalized spacial score (nSPS) is 14.9. The minimum atomic E-state index is -0.810. The van der Waals surface area contributed by atoms with Crippen molar-refractivity contribution in [1.82, 2.24) is 5.32 Å². The van der Waals surface area contributed by atoms with Crippen LogP contribution in [0.15, 0.2) is 78.4 Å². The molecule has 1 N–H and O–H groups in total. The predicted molar refractivity (Wildman–Crippen MR) is 124 cm³/mol. The summed E-state index contributed by atoms with van der Waals surface area (Å²) in [5, 5.41) is 2.22. The van der Waals surface area contributed by atoms with Crippen molar-refractivity contribution in [3.63, 3.8) is 0 Å². The molecule has 1 aliphatic rings. The highest BCUT2D eigenvalue weighted by molar-refractivity contribution is 6.39. The Balaban J connectivity index is 1.54. The van der Waals surface area contributed by atoms with Gasteiger partial charge in [0.2, 0.25) is 0 Å². The molecule has 1 fully saturated rings. The first-order valence-corrected chi connectivity index (χ1v) is 10.3. The van der Waals surface area contributed by atoms with Crippen LogP contribution in [0.25, 0.3) is 6.08 Å². The van der Waals surface area contributed by atoms with Crippen molar-refractivity contribution in [2.45, 2.75) is 13.5 Å². The van der Waals surface area contributed by atoms with E-state index in [0.717, 1.165) is 10.5 Å². The zero-order chi connectivity index (χ0) is 23.4. The molecule has 0 unspecified atom stereocenters. The van der Waals surface area contributed by atoms with Gasteiger partial charge in [-0.3, -0.25) is 14.9 Å². The van der Waals surface area contributed by atoms with Gasteiger partial charge in [-0.25, -0.2) is 9.69 Å².